The molecule has 5 nitrogen and oxygen atoms in total. The van der Waals surface area contributed by atoms with Gasteiger partial charge in [-0.1, -0.05) is 6.07 Å². The lowest BCUT2D eigenvalue weighted by Gasteiger charge is -2.17. The summed E-state index contributed by atoms with van der Waals surface area (Å²) in [5, 5.41) is 20.6. The Balaban J connectivity index is 2.46. The maximum atomic E-state index is 10.7. The van der Waals surface area contributed by atoms with Gasteiger partial charge in [0.2, 0.25) is 0 Å². The van der Waals surface area contributed by atoms with Crippen LogP contribution in [0.4, 0.5) is 5.69 Å². The van der Waals surface area contributed by atoms with Crippen molar-refractivity contribution in [3.05, 3.63) is 39.4 Å². The standard InChI is InChI=1S/C11H14N2O3/c12-10-3-1-2-7-4-5-8(13(15)16)6-9(7)11(10)14/h4-6,10-11,14H,1-3,12H2/t10-,11-/m1/s1. The zero-order chi connectivity index (χ0) is 11.7. The molecule has 1 aromatic carbocycles. The first-order chi connectivity index (χ1) is 7.59. The zero-order valence-electron chi connectivity index (χ0n) is 8.80. The van der Waals surface area contributed by atoms with Crippen LogP contribution in [0, 0.1) is 10.1 Å². The van der Waals surface area contributed by atoms with E-state index in [2.05, 4.69) is 0 Å². The Labute approximate surface area is 93.0 Å². The number of nitrogens with zero attached hydrogens (tertiary/aromatic N) is 1. The topological polar surface area (TPSA) is 89.4 Å². The number of nitro benzene ring substituents is 1. The Kier molecular flexibility index (Phi) is 2.89. The normalized spacial score (nSPS) is 24.6. The number of hydrogen-bond donors (Lipinski definition) is 2. The first kappa shape index (κ1) is 11.0. The summed E-state index contributed by atoms with van der Waals surface area (Å²) in [6.45, 7) is 0. The Morgan fingerprint density at radius 2 is 2.25 bits per heavy atom. The maximum Gasteiger partial charge on any atom is 0.269 e. The molecule has 5 heteroatoms. The van der Waals surface area contributed by atoms with Crippen LogP contribution in [0.2, 0.25) is 0 Å². The van der Waals surface area contributed by atoms with Crippen molar-refractivity contribution in [3.8, 4) is 0 Å². The summed E-state index contributed by atoms with van der Waals surface area (Å²) in [6, 6.07) is 4.30. The van der Waals surface area contributed by atoms with Crippen LogP contribution >= 0.6 is 0 Å². The number of non-ortho nitro benzene ring substituents is 1. The molecule has 0 saturated heterocycles. The monoisotopic (exact) mass is 222 g/mol. The fourth-order valence-electron chi connectivity index (χ4n) is 2.12. The third-order valence-electron chi connectivity index (χ3n) is 3.05. The van der Waals surface area contributed by atoms with Crippen LogP contribution in [0.1, 0.15) is 30.1 Å². The second-order valence-electron chi connectivity index (χ2n) is 4.14. The quantitative estimate of drug-likeness (QED) is 0.425. The van der Waals surface area contributed by atoms with Gasteiger partial charge in [0, 0.05) is 18.2 Å². The van der Waals surface area contributed by atoms with Crippen molar-refractivity contribution >= 4 is 5.69 Å². The zero-order valence-corrected chi connectivity index (χ0v) is 8.80. The maximum absolute atomic E-state index is 10.7. The predicted octanol–water partition coefficient (Wildman–Crippen LogP) is 1.29. The second kappa shape index (κ2) is 4.19. The summed E-state index contributed by atoms with van der Waals surface area (Å²) < 4.78 is 0. The van der Waals surface area contributed by atoms with Crippen molar-refractivity contribution in [1.82, 2.24) is 0 Å². The smallest absolute Gasteiger partial charge is 0.269 e. The number of nitro groups is 1. The summed E-state index contributed by atoms with van der Waals surface area (Å²) in [4.78, 5) is 10.2. The number of fused-ring (bicyclic) bond motifs is 1. The molecule has 0 saturated carbocycles. The molecule has 2 rings (SSSR count). The SMILES string of the molecule is N[C@@H]1CCCc2ccc([N+](=O)[O-])cc2[C@H]1O. The second-order valence-corrected chi connectivity index (χ2v) is 4.14. The van der Waals surface area contributed by atoms with Gasteiger partial charge in [-0.25, -0.2) is 0 Å². The average molecular weight is 222 g/mol. The number of aliphatic hydroxyl groups excluding tert-OH is 1. The highest BCUT2D eigenvalue weighted by Gasteiger charge is 2.24. The van der Waals surface area contributed by atoms with Crippen LogP contribution in [0.25, 0.3) is 0 Å². The van der Waals surface area contributed by atoms with Gasteiger partial charge in [-0.15, -0.1) is 0 Å². The molecule has 2 atom stereocenters. The van der Waals surface area contributed by atoms with Crippen molar-refractivity contribution in [3.63, 3.8) is 0 Å². The van der Waals surface area contributed by atoms with E-state index in [1.54, 1.807) is 6.07 Å². The first-order valence-corrected chi connectivity index (χ1v) is 5.30. The Hall–Kier alpha value is -1.46. The lowest BCUT2D eigenvalue weighted by Crippen LogP contribution is -2.27. The molecule has 1 aliphatic carbocycles. The number of hydrogen-bond acceptors (Lipinski definition) is 4. The molecule has 0 bridgehead atoms. The minimum absolute atomic E-state index is 0.00639. The Morgan fingerprint density at radius 1 is 1.50 bits per heavy atom. The van der Waals surface area contributed by atoms with Gasteiger partial charge in [0.05, 0.1) is 11.0 Å². The highest BCUT2D eigenvalue weighted by molar-refractivity contribution is 5.42. The van der Waals surface area contributed by atoms with Gasteiger partial charge in [0.1, 0.15) is 0 Å². The van der Waals surface area contributed by atoms with Crippen LogP contribution in [0.15, 0.2) is 18.2 Å². The van der Waals surface area contributed by atoms with E-state index in [9.17, 15) is 15.2 Å². The fourth-order valence-corrected chi connectivity index (χ4v) is 2.12. The third kappa shape index (κ3) is 1.91. The van der Waals surface area contributed by atoms with Crippen molar-refractivity contribution < 1.29 is 10.0 Å². The molecule has 1 aliphatic rings. The van der Waals surface area contributed by atoms with Gasteiger partial charge in [-0.05, 0) is 30.4 Å². The number of benzene rings is 1. The molecule has 0 aliphatic heterocycles. The van der Waals surface area contributed by atoms with Gasteiger partial charge >= 0.3 is 0 Å². The van der Waals surface area contributed by atoms with Crippen LogP contribution in [0.3, 0.4) is 0 Å². The van der Waals surface area contributed by atoms with Crippen LogP contribution in [0.5, 0.6) is 0 Å². The molecule has 3 N–H and O–H groups in total. The highest BCUT2D eigenvalue weighted by atomic mass is 16.6. The number of nitrogens with two attached hydrogens (primary N) is 1. The van der Waals surface area contributed by atoms with Crippen LogP contribution in [-0.2, 0) is 6.42 Å². The van der Waals surface area contributed by atoms with Crippen molar-refractivity contribution in [1.29, 1.82) is 0 Å². The molecule has 86 valence electrons. The average Bonchev–Trinajstić information content (AvgIpc) is 2.40. The Morgan fingerprint density at radius 3 is 2.94 bits per heavy atom. The molecular formula is C11H14N2O3. The summed E-state index contributed by atoms with van der Waals surface area (Å²) in [5.74, 6) is 0. The number of aryl methyl sites for hydroxylation is 1. The first-order valence-electron chi connectivity index (χ1n) is 5.30. The van der Waals surface area contributed by atoms with Crippen molar-refractivity contribution in [2.75, 3.05) is 0 Å². The molecular weight excluding hydrogens is 208 g/mol. The van der Waals surface area contributed by atoms with E-state index in [1.165, 1.54) is 12.1 Å². The molecule has 16 heavy (non-hydrogen) atoms. The van der Waals surface area contributed by atoms with Gasteiger partial charge < -0.3 is 10.8 Å². The van der Waals surface area contributed by atoms with E-state index in [0.717, 1.165) is 24.8 Å². The van der Waals surface area contributed by atoms with Gasteiger partial charge in [0.15, 0.2) is 0 Å². The van der Waals surface area contributed by atoms with Crippen molar-refractivity contribution in [2.45, 2.75) is 31.4 Å². The van der Waals surface area contributed by atoms with E-state index < -0.39 is 11.0 Å². The molecule has 1 aromatic rings. The predicted molar refractivity (Wildman–Crippen MR) is 59.0 cm³/mol. The lowest BCUT2D eigenvalue weighted by molar-refractivity contribution is -0.385. The molecule has 0 heterocycles. The molecule has 0 amide bonds. The summed E-state index contributed by atoms with van der Waals surface area (Å²) in [5.41, 5.74) is 7.38. The van der Waals surface area contributed by atoms with E-state index in [0.29, 0.717) is 5.56 Å². The largest absolute Gasteiger partial charge is 0.387 e. The minimum atomic E-state index is -0.794. The van der Waals surface area contributed by atoms with Crippen LogP contribution < -0.4 is 5.73 Å². The molecule has 0 aromatic heterocycles. The van der Waals surface area contributed by atoms with E-state index >= 15 is 0 Å². The van der Waals surface area contributed by atoms with E-state index in [-0.39, 0.29) is 11.7 Å². The lowest BCUT2D eigenvalue weighted by atomic mass is 9.98. The van der Waals surface area contributed by atoms with Gasteiger partial charge in [-0.3, -0.25) is 10.1 Å². The van der Waals surface area contributed by atoms with Crippen molar-refractivity contribution in [2.24, 2.45) is 5.73 Å². The van der Waals surface area contributed by atoms with Gasteiger partial charge in [-0.2, -0.15) is 0 Å². The third-order valence-corrected chi connectivity index (χ3v) is 3.05. The summed E-state index contributed by atoms with van der Waals surface area (Å²) in [6.07, 6.45) is 1.67. The molecule has 0 spiro atoms. The van der Waals surface area contributed by atoms with E-state index in [4.69, 9.17) is 5.73 Å². The molecule has 0 radical (unpaired) electrons. The van der Waals surface area contributed by atoms with Gasteiger partial charge in [0.25, 0.3) is 5.69 Å². The number of rotatable bonds is 1. The van der Waals surface area contributed by atoms with E-state index in [1.807, 2.05) is 0 Å². The summed E-state index contributed by atoms with van der Waals surface area (Å²) >= 11 is 0. The minimum Gasteiger partial charge on any atom is -0.387 e. The summed E-state index contributed by atoms with van der Waals surface area (Å²) in [7, 11) is 0. The number of aliphatic hydroxyl groups is 1. The molecule has 0 unspecified atom stereocenters. The van der Waals surface area contributed by atoms with Crippen LogP contribution in [-0.4, -0.2) is 16.1 Å². The fraction of sp³-hybridized carbons (Fsp3) is 0.455. The molecule has 0 fully saturated rings. The Bertz CT molecular complexity index is 420. The highest BCUT2D eigenvalue weighted by Crippen LogP contribution is 2.30.